The highest BCUT2D eigenvalue weighted by Crippen LogP contribution is 2.32. The standard InChI is InChI=1S/C12H12FN3S/c1-8(14)9-4-2-5-10(13)11(9)17-12-15-6-3-7-16-12/h2-8H,14H2,1H3. The molecule has 0 bridgehead atoms. The summed E-state index contributed by atoms with van der Waals surface area (Å²) in [5, 5.41) is 0.513. The third kappa shape index (κ3) is 2.81. The van der Waals surface area contributed by atoms with Crippen LogP contribution in [0.3, 0.4) is 0 Å². The van der Waals surface area contributed by atoms with Gasteiger partial charge in [0.05, 0.1) is 4.90 Å². The summed E-state index contributed by atoms with van der Waals surface area (Å²) in [6.07, 6.45) is 3.25. The first-order valence-corrected chi connectivity index (χ1v) is 5.99. The maximum Gasteiger partial charge on any atom is 0.192 e. The van der Waals surface area contributed by atoms with E-state index in [1.807, 2.05) is 13.0 Å². The summed E-state index contributed by atoms with van der Waals surface area (Å²) in [5.74, 6) is -0.294. The van der Waals surface area contributed by atoms with Crippen molar-refractivity contribution in [2.75, 3.05) is 0 Å². The minimum absolute atomic E-state index is 0.225. The number of hydrogen-bond acceptors (Lipinski definition) is 4. The Balaban J connectivity index is 2.38. The molecule has 5 heteroatoms. The Kier molecular flexibility index (Phi) is 3.71. The van der Waals surface area contributed by atoms with Gasteiger partial charge in [-0.1, -0.05) is 12.1 Å². The molecule has 0 saturated heterocycles. The second-order valence-corrected chi connectivity index (χ2v) is 4.56. The molecule has 1 aromatic carbocycles. The molecule has 17 heavy (non-hydrogen) atoms. The van der Waals surface area contributed by atoms with Crippen LogP contribution >= 0.6 is 11.8 Å². The highest BCUT2D eigenvalue weighted by molar-refractivity contribution is 7.99. The largest absolute Gasteiger partial charge is 0.324 e. The number of halogens is 1. The van der Waals surface area contributed by atoms with Crippen molar-refractivity contribution in [1.82, 2.24) is 9.97 Å². The molecule has 0 radical (unpaired) electrons. The van der Waals surface area contributed by atoms with Crippen molar-refractivity contribution in [3.05, 3.63) is 48.0 Å². The molecule has 0 aliphatic carbocycles. The van der Waals surface area contributed by atoms with E-state index in [4.69, 9.17) is 5.73 Å². The van der Waals surface area contributed by atoms with E-state index < -0.39 is 0 Å². The number of rotatable bonds is 3. The van der Waals surface area contributed by atoms with Crippen LogP contribution in [-0.2, 0) is 0 Å². The Morgan fingerprint density at radius 2 is 1.94 bits per heavy atom. The SMILES string of the molecule is CC(N)c1cccc(F)c1Sc1ncccn1. The van der Waals surface area contributed by atoms with Crippen LogP contribution < -0.4 is 5.73 Å². The molecule has 1 heterocycles. The van der Waals surface area contributed by atoms with Crippen molar-refractivity contribution < 1.29 is 4.39 Å². The van der Waals surface area contributed by atoms with E-state index >= 15 is 0 Å². The zero-order valence-corrected chi connectivity index (χ0v) is 10.1. The monoisotopic (exact) mass is 249 g/mol. The summed E-state index contributed by atoms with van der Waals surface area (Å²) >= 11 is 1.19. The number of benzene rings is 1. The van der Waals surface area contributed by atoms with Gasteiger partial charge in [0, 0.05) is 18.4 Å². The van der Waals surface area contributed by atoms with E-state index in [0.29, 0.717) is 10.1 Å². The normalized spacial score (nSPS) is 12.4. The van der Waals surface area contributed by atoms with E-state index in [9.17, 15) is 4.39 Å². The number of nitrogens with two attached hydrogens (primary N) is 1. The van der Waals surface area contributed by atoms with Gasteiger partial charge in [-0.3, -0.25) is 0 Å². The lowest BCUT2D eigenvalue weighted by molar-refractivity contribution is 0.591. The van der Waals surface area contributed by atoms with E-state index in [1.54, 1.807) is 24.5 Å². The summed E-state index contributed by atoms with van der Waals surface area (Å²) in [4.78, 5) is 8.61. The van der Waals surface area contributed by atoms with Crippen LogP contribution in [0.15, 0.2) is 46.7 Å². The summed E-state index contributed by atoms with van der Waals surface area (Å²) in [6, 6.07) is 6.38. The first-order chi connectivity index (χ1) is 8.18. The van der Waals surface area contributed by atoms with Crippen molar-refractivity contribution in [1.29, 1.82) is 0 Å². The summed E-state index contributed by atoms with van der Waals surface area (Å²) in [6.45, 7) is 1.82. The van der Waals surface area contributed by atoms with Gasteiger partial charge in [0.15, 0.2) is 5.16 Å². The van der Waals surface area contributed by atoms with Crippen molar-refractivity contribution >= 4 is 11.8 Å². The van der Waals surface area contributed by atoms with E-state index in [2.05, 4.69) is 9.97 Å². The van der Waals surface area contributed by atoms with Crippen LogP contribution in [0.5, 0.6) is 0 Å². The first-order valence-electron chi connectivity index (χ1n) is 5.17. The Morgan fingerprint density at radius 3 is 2.59 bits per heavy atom. The van der Waals surface area contributed by atoms with Crippen LogP contribution in [0.2, 0.25) is 0 Å². The predicted molar refractivity (Wildman–Crippen MR) is 65.2 cm³/mol. The zero-order chi connectivity index (χ0) is 12.3. The Morgan fingerprint density at radius 1 is 1.24 bits per heavy atom. The molecule has 1 unspecified atom stereocenters. The zero-order valence-electron chi connectivity index (χ0n) is 9.30. The van der Waals surface area contributed by atoms with Gasteiger partial charge in [0.25, 0.3) is 0 Å². The Hall–Kier alpha value is -1.46. The minimum atomic E-state index is -0.294. The molecular formula is C12H12FN3S. The molecule has 0 fully saturated rings. The molecule has 88 valence electrons. The van der Waals surface area contributed by atoms with Crippen molar-refractivity contribution in [3.8, 4) is 0 Å². The maximum atomic E-state index is 13.8. The fourth-order valence-electron chi connectivity index (χ4n) is 1.42. The number of nitrogens with zero attached hydrogens (tertiary/aromatic N) is 2. The van der Waals surface area contributed by atoms with Gasteiger partial charge in [-0.15, -0.1) is 0 Å². The maximum absolute atomic E-state index is 13.8. The minimum Gasteiger partial charge on any atom is -0.324 e. The van der Waals surface area contributed by atoms with Crippen LogP contribution in [0, 0.1) is 5.82 Å². The smallest absolute Gasteiger partial charge is 0.192 e. The average molecular weight is 249 g/mol. The average Bonchev–Trinajstić information content (AvgIpc) is 2.33. The van der Waals surface area contributed by atoms with Crippen molar-refractivity contribution in [2.24, 2.45) is 5.73 Å². The van der Waals surface area contributed by atoms with Gasteiger partial charge in [0.2, 0.25) is 0 Å². The second-order valence-electron chi connectivity index (χ2n) is 3.58. The molecule has 1 aromatic heterocycles. The van der Waals surface area contributed by atoms with Gasteiger partial charge < -0.3 is 5.73 Å². The Labute approximate surface area is 103 Å². The van der Waals surface area contributed by atoms with Gasteiger partial charge in [-0.05, 0) is 36.4 Å². The van der Waals surface area contributed by atoms with Crippen LogP contribution in [0.25, 0.3) is 0 Å². The molecule has 3 nitrogen and oxygen atoms in total. The molecule has 1 atom stereocenters. The van der Waals surface area contributed by atoms with Crippen molar-refractivity contribution in [2.45, 2.75) is 23.0 Å². The third-order valence-electron chi connectivity index (χ3n) is 2.22. The lowest BCUT2D eigenvalue weighted by atomic mass is 10.1. The number of aromatic nitrogens is 2. The summed E-state index contributed by atoms with van der Waals surface area (Å²) < 4.78 is 13.8. The van der Waals surface area contributed by atoms with E-state index in [1.165, 1.54) is 17.8 Å². The Bertz CT molecular complexity index is 502. The molecule has 0 saturated carbocycles. The fraction of sp³-hybridized carbons (Fsp3) is 0.167. The van der Waals surface area contributed by atoms with Crippen LogP contribution in [0.1, 0.15) is 18.5 Å². The van der Waals surface area contributed by atoms with Gasteiger partial charge in [-0.25, -0.2) is 14.4 Å². The lowest BCUT2D eigenvalue weighted by Crippen LogP contribution is -2.07. The third-order valence-corrected chi connectivity index (χ3v) is 3.25. The van der Waals surface area contributed by atoms with E-state index in [0.717, 1.165) is 5.56 Å². The molecular weight excluding hydrogens is 237 g/mol. The number of hydrogen-bond donors (Lipinski definition) is 1. The first kappa shape index (κ1) is 12.0. The molecule has 0 aliphatic rings. The highest BCUT2D eigenvalue weighted by atomic mass is 32.2. The van der Waals surface area contributed by atoms with Gasteiger partial charge in [0.1, 0.15) is 5.82 Å². The molecule has 0 aliphatic heterocycles. The molecule has 2 aromatic rings. The van der Waals surface area contributed by atoms with Crippen LogP contribution in [-0.4, -0.2) is 9.97 Å². The van der Waals surface area contributed by atoms with Gasteiger partial charge >= 0.3 is 0 Å². The van der Waals surface area contributed by atoms with Crippen LogP contribution in [0.4, 0.5) is 4.39 Å². The van der Waals surface area contributed by atoms with Crippen molar-refractivity contribution in [3.63, 3.8) is 0 Å². The fourth-order valence-corrected chi connectivity index (χ4v) is 2.37. The lowest BCUT2D eigenvalue weighted by Gasteiger charge is -2.12. The highest BCUT2D eigenvalue weighted by Gasteiger charge is 2.13. The van der Waals surface area contributed by atoms with Gasteiger partial charge in [-0.2, -0.15) is 0 Å². The summed E-state index contributed by atoms with van der Waals surface area (Å²) in [7, 11) is 0. The second kappa shape index (κ2) is 5.25. The molecule has 0 amide bonds. The predicted octanol–water partition coefficient (Wildman–Crippen LogP) is 2.79. The molecule has 2 rings (SSSR count). The molecule has 2 N–H and O–H groups in total. The summed E-state index contributed by atoms with van der Waals surface area (Å²) in [5.41, 5.74) is 6.58. The van der Waals surface area contributed by atoms with E-state index in [-0.39, 0.29) is 11.9 Å². The molecule has 0 spiro atoms. The topological polar surface area (TPSA) is 51.8 Å². The quantitative estimate of drug-likeness (QED) is 0.850.